The molecule has 6 nitrogen and oxygen atoms in total. The van der Waals surface area contributed by atoms with E-state index in [2.05, 4.69) is 17.1 Å². The average Bonchev–Trinajstić information content (AvgIpc) is 3.37. The van der Waals surface area contributed by atoms with Crippen molar-refractivity contribution in [3.05, 3.63) is 70.1 Å². The van der Waals surface area contributed by atoms with Gasteiger partial charge in [0.1, 0.15) is 0 Å². The number of nitrogens with zero attached hydrogens (tertiary/aromatic N) is 2. The Labute approximate surface area is 182 Å². The lowest BCUT2D eigenvalue weighted by Crippen LogP contribution is -2.36. The Morgan fingerprint density at radius 2 is 1.83 bits per heavy atom. The molecule has 1 fully saturated rings. The number of halogens is 1. The summed E-state index contributed by atoms with van der Waals surface area (Å²) in [6.07, 6.45) is 5.18. The molecule has 0 atom stereocenters. The van der Waals surface area contributed by atoms with E-state index in [9.17, 15) is 9.59 Å². The van der Waals surface area contributed by atoms with Crippen molar-refractivity contribution in [2.45, 2.75) is 38.1 Å². The van der Waals surface area contributed by atoms with Crippen molar-refractivity contribution in [3.63, 3.8) is 0 Å². The summed E-state index contributed by atoms with van der Waals surface area (Å²) in [7, 11) is 0. The molecule has 160 valence electrons. The normalized spacial score (nSPS) is 14.0. The van der Waals surface area contributed by atoms with Crippen LogP contribution in [0, 0.1) is 0 Å². The van der Waals surface area contributed by atoms with Gasteiger partial charge in [-0.1, -0.05) is 43.2 Å². The SMILES string of the molecule is Cl.NCCN(CCc1ccccc1)C(=O)c1ccc2c(c1)[nH]c(=O)n2C1CCCC1. The number of fused-ring (bicyclic) bond motifs is 1. The minimum Gasteiger partial charge on any atom is -0.337 e. The molecule has 3 N–H and O–H groups in total. The first-order valence-electron chi connectivity index (χ1n) is 10.4. The van der Waals surface area contributed by atoms with Gasteiger partial charge in [-0.3, -0.25) is 9.36 Å². The second kappa shape index (κ2) is 9.96. The summed E-state index contributed by atoms with van der Waals surface area (Å²) >= 11 is 0. The molecule has 1 amide bonds. The summed E-state index contributed by atoms with van der Waals surface area (Å²) in [5, 5.41) is 0. The van der Waals surface area contributed by atoms with Crippen molar-refractivity contribution in [3.8, 4) is 0 Å². The number of nitrogens with one attached hydrogen (secondary N) is 1. The molecule has 0 unspecified atom stereocenters. The van der Waals surface area contributed by atoms with Crippen LogP contribution < -0.4 is 11.4 Å². The van der Waals surface area contributed by atoms with E-state index in [-0.39, 0.29) is 30.0 Å². The van der Waals surface area contributed by atoms with E-state index in [1.54, 1.807) is 11.0 Å². The van der Waals surface area contributed by atoms with Gasteiger partial charge in [0.25, 0.3) is 5.91 Å². The van der Waals surface area contributed by atoms with Gasteiger partial charge in [0.15, 0.2) is 0 Å². The Morgan fingerprint density at radius 1 is 1.10 bits per heavy atom. The molecule has 1 saturated carbocycles. The van der Waals surface area contributed by atoms with E-state index < -0.39 is 0 Å². The van der Waals surface area contributed by atoms with Gasteiger partial charge in [-0.2, -0.15) is 0 Å². The quantitative estimate of drug-likeness (QED) is 0.604. The highest BCUT2D eigenvalue weighted by Gasteiger charge is 2.22. The van der Waals surface area contributed by atoms with Gasteiger partial charge >= 0.3 is 5.69 Å². The molecule has 7 heteroatoms. The van der Waals surface area contributed by atoms with E-state index in [1.165, 1.54) is 5.56 Å². The third kappa shape index (κ3) is 4.60. The fourth-order valence-electron chi connectivity index (χ4n) is 4.35. The number of carbonyl (C=O) groups is 1. The molecule has 0 bridgehead atoms. The summed E-state index contributed by atoms with van der Waals surface area (Å²) in [6, 6.07) is 15.9. The number of benzene rings is 2. The number of H-pyrrole nitrogens is 1. The second-order valence-electron chi connectivity index (χ2n) is 7.79. The van der Waals surface area contributed by atoms with Crippen LogP contribution in [0.3, 0.4) is 0 Å². The van der Waals surface area contributed by atoms with Crippen LogP contribution in [0.5, 0.6) is 0 Å². The molecule has 0 aliphatic heterocycles. The maximum atomic E-state index is 13.1. The molecular weight excluding hydrogens is 400 g/mol. The summed E-state index contributed by atoms with van der Waals surface area (Å²) in [4.78, 5) is 30.3. The maximum Gasteiger partial charge on any atom is 0.326 e. The fourth-order valence-corrected chi connectivity index (χ4v) is 4.35. The number of rotatable bonds is 7. The largest absolute Gasteiger partial charge is 0.337 e. The highest BCUT2D eigenvalue weighted by Crippen LogP contribution is 2.30. The number of hydrogen-bond acceptors (Lipinski definition) is 3. The van der Waals surface area contributed by atoms with Crippen molar-refractivity contribution in [2.75, 3.05) is 19.6 Å². The van der Waals surface area contributed by atoms with Crippen molar-refractivity contribution >= 4 is 29.3 Å². The van der Waals surface area contributed by atoms with Gasteiger partial charge in [0.05, 0.1) is 11.0 Å². The predicted molar refractivity (Wildman–Crippen MR) is 122 cm³/mol. The molecule has 1 aliphatic rings. The Balaban J connectivity index is 0.00000256. The van der Waals surface area contributed by atoms with Gasteiger partial charge < -0.3 is 15.6 Å². The van der Waals surface area contributed by atoms with Gasteiger partial charge in [-0.05, 0) is 43.0 Å². The van der Waals surface area contributed by atoms with Gasteiger partial charge in [-0.15, -0.1) is 12.4 Å². The fraction of sp³-hybridized carbons (Fsp3) is 0.391. The molecule has 30 heavy (non-hydrogen) atoms. The zero-order valence-corrected chi connectivity index (χ0v) is 17.9. The number of imidazole rings is 1. The van der Waals surface area contributed by atoms with Gasteiger partial charge in [0.2, 0.25) is 0 Å². The monoisotopic (exact) mass is 428 g/mol. The minimum absolute atomic E-state index is 0. The van der Waals surface area contributed by atoms with E-state index >= 15 is 0 Å². The third-order valence-electron chi connectivity index (χ3n) is 5.85. The molecule has 0 saturated heterocycles. The van der Waals surface area contributed by atoms with Crippen molar-refractivity contribution in [1.82, 2.24) is 14.5 Å². The summed E-state index contributed by atoms with van der Waals surface area (Å²) < 4.78 is 1.86. The van der Waals surface area contributed by atoms with Crippen LogP contribution in [0.1, 0.15) is 47.6 Å². The Morgan fingerprint density at radius 3 is 2.53 bits per heavy atom. The Hall–Kier alpha value is -2.57. The van der Waals surface area contributed by atoms with Crippen LogP contribution in [-0.2, 0) is 6.42 Å². The highest BCUT2D eigenvalue weighted by molar-refractivity contribution is 5.97. The first-order valence-corrected chi connectivity index (χ1v) is 10.4. The molecule has 4 rings (SSSR count). The molecular formula is C23H29ClN4O2. The smallest absolute Gasteiger partial charge is 0.326 e. The molecule has 1 aliphatic carbocycles. The van der Waals surface area contributed by atoms with E-state index in [0.717, 1.165) is 43.1 Å². The van der Waals surface area contributed by atoms with Crippen LogP contribution in [0.15, 0.2) is 53.3 Å². The zero-order chi connectivity index (χ0) is 20.2. The third-order valence-corrected chi connectivity index (χ3v) is 5.85. The predicted octanol–water partition coefficient (Wildman–Crippen LogP) is 3.51. The number of amides is 1. The first-order chi connectivity index (χ1) is 14.2. The maximum absolute atomic E-state index is 13.1. The Kier molecular flexibility index (Phi) is 7.34. The summed E-state index contributed by atoms with van der Waals surface area (Å²) in [6.45, 7) is 1.53. The average molecular weight is 429 g/mol. The highest BCUT2D eigenvalue weighted by atomic mass is 35.5. The van der Waals surface area contributed by atoms with Crippen molar-refractivity contribution < 1.29 is 4.79 Å². The van der Waals surface area contributed by atoms with Gasteiger partial charge in [0, 0.05) is 31.2 Å². The van der Waals surface area contributed by atoms with Gasteiger partial charge in [-0.25, -0.2) is 4.79 Å². The molecule has 0 spiro atoms. The van der Waals surface area contributed by atoms with Crippen LogP contribution in [0.2, 0.25) is 0 Å². The number of nitrogens with two attached hydrogens (primary N) is 1. The van der Waals surface area contributed by atoms with Crippen LogP contribution >= 0.6 is 12.4 Å². The zero-order valence-electron chi connectivity index (χ0n) is 17.0. The first kappa shape index (κ1) is 22.1. The van der Waals surface area contributed by atoms with Crippen molar-refractivity contribution in [1.29, 1.82) is 0 Å². The molecule has 3 aromatic rings. The molecule has 0 radical (unpaired) electrons. The molecule has 1 heterocycles. The topological polar surface area (TPSA) is 84.1 Å². The van der Waals surface area contributed by atoms with E-state index in [0.29, 0.717) is 25.2 Å². The number of aromatic amines is 1. The van der Waals surface area contributed by atoms with Crippen LogP contribution in [0.25, 0.3) is 11.0 Å². The van der Waals surface area contributed by atoms with Crippen LogP contribution in [-0.4, -0.2) is 40.0 Å². The summed E-state index contributed by atoms with van der Waals surface area (Å²) in [5.41, 5.74) is 9.05. The lowest BCUT2D eigenvalue weighted by atomic mass is 10.1. The Bertz CT molecular complexity index is 1040. The molecule has 1 aromatic heterocycles. The number of hydrogen-bond donors (Lipinski definition) is 2. The van der Waals surface area contributed by atoms with E-state index in [4.69, 9.17) is 5.73 Å². The van der Waals surface area contributed by atoms with E-state index in [1.807, 2.05) is 34.9 Å². The lowest BCUT2D eigenvalue weighted by Gasteiger charge is -2.22. The number of carbonyl (C=O) groups excluding carboxylic acids is 1. The molecule has 2 aromatic carbocycles. The van der Waals surface area contributed by atoms with Crippen molar-refractivity contribution in [2.24, 2.45) is 5.73 Å². The second-order valence-corrected chi connectivity index (χ2v) is 7.79. The minimum atomic E-state index is -0.0839. The summed E-state index contributed by atoms with van der Waals surface area (Å²) in [5.74, 6) is -0.0530. The van der Waals surface area contributed by atoms with Crippen LogP contribution in [0.4, 0.5) is 0 Å². The lowest BCUT2D eigenvalue weighted by molar-refractivity contribution is 0.0762. The number of aromatic nitrogens is 2. The standard InChI is InChI=1S/C23H28N4O2.ClH/c24-13-15-26(14-12-17-6-2-1-3-7-17)22(28)18-10-11-21-20(16-18)25-23(29)27(21)19-8-4-5-9-19;/h1-3,6-7,10-11,16,19H,4-5,8-9,12-15,24H2,(H,25,29);1H.